The van der Waals surface area contributed by atoms with E-state index in [9.17, 15) is 9.18 Å². The normalized spacial score (nSPS) is 10.8. The second-order valence-electron chi connectivity index (χ2n) is 4.74. The highest BCUT2D eigenvalue weighted by Gasteiger charge is 2.02. The van der Waals surface area contributed by atoms with E-state index in [1.54, 1.807) is 12.1 Å². The molecular weight excluding hydrogens is 277 g/mol. The number of ether oxygens (including phenoxy) is 1. The molecule has 0 aliphatic rings. The van der Waals surface area contributed by atoms with Crippen LogP contribution in [-0.4, -0.2) is 30.9 Å². The van der Waals surface area contributed by atoms with Gasteiger partial charge in [0.15, 0.2) is 0 Å². The summed E-state index contributed by atoms with van der Waals surface area (Å²) < 4.78 is 18.1. The van der Waals surface area contributed by atoms with Gasteiger partial charge in [-0.2, -0.15) is 0 Å². The zero-order chi connectivity index (χ0) is 14.8. The summed E-state index contributed by atoms with van der Waals surface area (Å²) in [5.41, 5.74) is 1.02. The highest BCUT2D eigenvalue weighted by molar-refractivity contribution is 7.99. The molecule has 1 N–H and O–H groups in total. The van der Waals surface area contributed by atoms with Crippen LogP contribution in [0.15, 0.2) is 24.3 Å². The highest BCUT2D eigenvalue weighted by atomic mass is 32.2. The van der Waals surface area contributed by atoms with Crippen molar-refractivity contribution >= 4 is 17.7 Å². The molecule has 0 fully saturated rings. The van der Waals surface area contributed by atoms with Gasteiger partial charge in [-0.3, -0.25) is 4.79 Å². The van der Waals surface area contributed by atoms with Gasteiger partial charge in [0.1, 0.15) is 5.82 Å². The van der Waals surface area contributed by atoms with Gasteiger partial charge in [-0.15, -0.1) is 11.8 Å². The number of amides is 1. The van der Waals surface area contributed by atoms with Gasteiger partial charge in [-0.1, -0.05) is 12.1 Å². The molecule has 0 aromatic heterocycles. The molecule has 0 heterocycles. The maximum atomic E-state index is 12.7. The van der Waals surface area contributed by atoms with Gasteiger partial charge >= 0.3 is 0 Å². The number of nitrogens with one attached hydrogen (secondary N) is 1. The minimum atomic E-state index is -0.236. The molecule has 0 atom stereocenters. The lowest BCUT2D eigenvalue weighted by Crippen LogP contribution is -2.27. The molecule has 0 saturated carbocycles. The summed E-state index contributed by atoms with van der Waals surface area (Å²) in [7, 11) is 0. The summed E-state index contributed by atoms with van der Waals surface area (Å²) in [4.78, 5) is 11.6. The molecule has 0 bridgehead atoms. The summed E-state index contributed by atoms with van der Waals surface area (Å²) in [6, 6.07) is 6.35. The van der Waals surface area contributed by atoms with E-state index in [0.29, 0.717) is 24.7 Å². The number of hydrogen-bond donors (Lipinski definition) is 1. The standard InChI is InChI=1S/C15H22FNO2S/c1-12(2)19-9-3-8-17-15(18)11-20-10-13-4-6-14(16)7-5-13/h4-7,12H,3,8-11H2,1-2H3,(H,17,18). The van der Waals surface area contributed by atoms with Crippen LogP contribution in [0.1, 0.15) is 25.8 Å². The largest absolute Gasteiger partial charge is 0.379 e. The van der Waals surface area contributed by atoms with Crippen LogP contribution >= 0.6 is 11.8 Å². The summed E-state index contributed by atoms with van der Waals surface area (Å²) in [6.45, 7) is 5.29. The van der Waals surface area contributed by atoms with Crippen molar-refractivity contribution in [3.8, 4) is 0 Å². The molecule has 0 spiro atoms. The number of carbonyl (C=O) groups is 1. The molecule has 5 heteroatoms. The first-order valence-electron chi connectivity index (χ1n) is 6.78. The Morgan fingerprint density at radius 1 is 1.35 bits per heavy atom. The number of carbonyl (C=O) groups excluding carboxylic acids is 1. The molecule has 1 aromatic carbocycles. The fraction of sp³-hybridized carbons (Fsp3) is 0.533. The third-order valence-corrected chi connectivity index (χ3v) is 3.51. The molecular formula is C15H22FNO2S. The van der Waals surface area contributed by atoms with Crippen molar-refractivity contribution in [2.75, 3.05) is 18.9 Å². The average Bonchev–Trinajstić information content (AvgIpc) is 2.40. The lowest BCUT2D eigenvalue weighted by molar-refractivity contribution is -0.118. The van der Waals surface area contributed by atoms with Crippen molar-refractivity contribution in [1.29, 1.82) is 0 Å². The second-order valence-corrected chi connectivity index (χ2v) is 5.73. The maximum absolute atomic E-state index is 12.7. The van der Waals surface area contributed by atoms with Crippen molar-refractivity contribution < 1.29 is 13.9 Å². The van der Waals surface area contributed by atoms with Gasteiger partial charge in [-0.25, -0.2) is 4.39 Å². The van der Waals surface area contributed by atoms with E-state index < -0.39 is 0 Å². The van der Waals surface area contributed by atoms with E-state index in [1.807, 2.05) is 13.8 Å². The fourth-order valence-electron chi connectivity index (χ4n) is 1.51. The number of benzene rings is 1. The summed E-state index contributed by atoms with van der Waals surface area (Å²) in [6.07, 6.45) is 1.06. The highest BCUT2D eigenvalue weighted by Crippen LogP contribution is 2.12. The van der Waals surface area contributed by atoms with Gasteiger partial charge in [0, 0.05) is 18.9 Å². The van der Waals surface area contributed by atoms with Crippen LogP contribution < -0.4 is 5.32 Å². The first kappa shape index (κ1) is 17.0. The monoisotopic (exact) mass is 299 g/mol. The molecule has 0 radical (unpaired) electrons. The van der Waals surface area contributed by atoms with E-state index in [0.717, 1.165) is 12.0 Å². The van der Waals surface area contributed by atoms with E-state index in [1.165, 1.54) is 23.9 Å². The van der Waals surface area contributed by atoms with E-state index in [-0.39, 0.29) is 17.8 Å². The Bertz CT molecular complexity index is 395. The quantitative estimate of drug-likeness (QED) is 0.712. The predicted octanol–water partition coefficient (Wildman–Crippen LogP) is 2.99. The van der Waals surface area contributed by atoms with Crippen LogP contribution in [0.5, 0.6) is 0 Å². The smallest absolute Gasteiger partial charge is 0.230 e. The Balaban J connectivity index is 2.04. The summed E-state index contributed by atoms with van der Waals surface area (Å²) in [5.74, 6) is 0.925. The number of rotatable bonds is 9. The Morgan fingerprint density at radius 3 is 2.70 bits per heavy atom. The Labute approximate surface area is 124 Å². The molecule has 0 aliphatic carbocycles. The molecule has 0 saturated heterocycles. The van der Waals surface area contributed by atoms with Crippen molar-refractivity contribution in [3.63, 3.8) is 0 Å². The molecule has 0 aliphatic heterocycles. The van der Waals surface area contributed by atoms with Gasteiger partial charge in [0.05, 0.1) is 11.9 Å². The Morgan fingerprint density at radius 2 is 2.05 bits per heavy atom. The molecule has 1 amide bonds. The molecule has 1 rings (SSSR count). The molecule has 20 heavy (non-hydrogen) atoms. The Hall–Kier alpha value is -1.07. The van der Waals surface area contributed by atoms with Crippen LogP contribution in [0.25, 0.3) is 0 Å². The zero-order valence-electron chi connectivity index (χ0n) is 12.0. The van der Waals surface area contributed by atoms with Gasteiger partial charge in [0.2, 0.25) is 5.91 Å². The average molecular weight is 299 g/mol. The lowest BCUT2D eigenvalue weighted by Gasteiger charge is -2.08. The van der Waals surface area contributed by atoms with Gasteiger partial charge in [0.25, 0.3) is 0 Å². The summed E-state index contributed by atoms with van der Waals surface area (Å²) >= 11 is 1.52. The number of thioether (sulfide) groups is 1. The van der Waals surface area contributed by atoms with Crippen molar-refractivity contribution in [2.45, 2.75) is 32.1 Å². The summed E-state index contributed by atoms with van der Waals surface area (Å²) in [5, 5.41) is 2.85. The van der Waals surface area contributed by atoms with Crippen LogP contribution in [0.2, 0.25) is 0 Å². The van der Waals surface area contributed by atoms with E-state index >= 15 is 0 Å². The first-order valence-corrected chi connectivity index (χ1v) is 7.94. The number of halogens is 1. The third kappa shape index (κ3) is 8.17. The Kier molecular flexibility index (Phi) is 8.30. The van der Waals surface area contributed by atoms with Crippen molar-refractivity contribution in [1.82, 2.24) is 5.32 Å². The van der Waals surface area contributed by atoms with E-state index in [2.05, 4.69) is 5.32 Å². The molecule has 1 aromatic rings. The minimum Gasteiger partial charge on any atom is -0.379 e. The first-order chi connectivity index (χ1) is 9.58. The fourth-order valence-corrected chi connectivity index (χ4v) is 2.33. The van der Waals surface area contributed by atoms with Crippen molar-refractivity contribution in [2.24, 2.45) is 0 Å². The van der Waals surface area contributed by atoms with Crippen LogP contribution in [0.3, 0.4) is 0 Å². The van der Waals surface area contributed by atoms with Crippen molar-refractivity contribution in [3.05, 3.63) is 35.6 Å². The minimum absolute atomic E-state index is 0.0293. The van der Waals surface area contributed by atoms with Crippen LogP contribution in [0.4, 0.5) is 4.39 Å². The third-order valence-electron chi connectivity index (χ3n) is 2.51. The zero-order valence-corrected chi connectivity index (χ0v) is 12.8. The van der Waals surface area contributed by atoms with E-state index in [4.69, 9.17) is 4.74 Å². The molecule has 112 valence electrons. The molecule has 0 unspecified atom stereocenters. The number of hydrogen-bond acceptors (Lipinski definition) is 3. The second kappa shape index (κ2) is 9.77. The lowest BCUT2D eigenvalue weighted by atomic mass is 10.2. The van der Waals surface area contributed by atoms with Crippen LogP contribution in [0, 0.1) is 5.82 Å². The van der Waals surface area contributed by atoms with Crippen LogP contribution in [-0.2, 0) is 15.3 Å². The predicted molar refractivity (Wildman–Crippen MR) is 81.3 cm³/mol. The van der Waals surface area contributed by atoms with Gasteiger partial charge < -0.3 is 10.1 Å². The maximum Gasteiger partial charge on any atom is 0.230 e. The SMILES string of the molecule is CC(C)OCCCNC(=O)CSCc1ccc(F)cc1. The van der Waals surface area contributed by atoms with Gasteiger partial charge in [-0.05, 0) is 38.0 Å². The molecule has 3 nitrogen and oxygen atoms in total. The topological polar surface area (TPSA) is 38.3 Å².